The Morgan fingerprint density at radius 1 is 1.36 bits per heavy atom. The molecule has 0 bridgehead atoms. The Balaban J connectivity index is 1.50. The Labute approximate surface area is 148 Å². The summed E-state index contributed by atoms with van der Waals surface area (Å²) in [7, 11) is 0. The van der Waals surface area contributed by atoms with Crippen LogP contribution in [0.1, 0.15) is 38.0 Å². The molecule has 2 aromatic heterocycles. The summed E-state index contributed by atoms with van der Waals surface area (Å²) in [6, 6.07) is 3.84. The fourth-order valence-corrected chi connectivity index (χ4v) is 3.34. The Kier molecular flexibility index (Phi) is 6.11. The van der Waals surface area contributed by atoms with Gasteiger partial charge in [-0.2, -0.15) is 0 Å². The molecule has 1 aliphatic heterocycles. The first-order valence-electron chi connectivity index (χ1n) is 9.00. The van der Waals surface area contributed by atoms with Crippen LogP contribution in [0.15, 0.2) is 41.5 Å². The number of urea groups is 1. The van der Waals surface area contributed by atoms with Gasteiger partial charge in [-0.05, 0) is 45.0 Å². The van der Waals surface area contributed by atoms with Crippen LogP contribution in [0.4, 0.5) is 4.79 Å². The molecule has 0 aliphatic carbocycles. The molecule has 3 heterocycles. The normalized spacial score (nSPS) is 17.8. The minimum atomic E-state index is -0.152. The van der Waals surface area contributed by atoms with Crippen LogP contribution in [0.2, 0.25) is 0 Å². The quantitative estimate of drug-likeness (QED) is 0.808. The van der Waals surface area contributed by atoms with Crippen LogP contribution in [0.25, 0.3) is 0 Å². The summed E-state index contributed by atoms with van der Waals surface area (Å²) in [6.45, 7) is 5.31. The third-order valence-corrected chi connectivity index (χ3v) is 4.58. The van der Waals surface area contributed by atoms with Gasteiger partial charge in [-0.15, -0.1) is 0 Å². The molecule has 1 aliphatic rings. The van der Waals surface area contributed by atoms with Crippen LogP contribution in [0.5, 0.6) is 0 Å². The van der Waals surface area contributed by atoms with Crippen LogP contribution >= 0.6 is 0 Å². The van der Waals surface area contributed by atoms with Gasteiger partial charge in [0, 0.05) is 31.5 Å². The highest BCUT2D eigenvalue weighted by Gasteiger charge is 2.25. The van der Waals surface area contributed by atoms with Gasteiger partial charge >= 0.3 is 6.03 Å². The average molecular weight is 345 g/mol. The molecular formula is C18H27N5O2. The number of aromatic nitrogens is 2. The van der Waals surface area contributed by atoms with Crippen molar-refractivity contribution in [2.45, 2.75) is 44.8 Å². The molecule has 1 fully saturated rings. The number of furan rings is 1. The molecule has 0 saturated carbocycles. The number of amides is 2. The number of likely N-dealkylation sites (tertiary alicyclic amines) is 1. The van der Waals surface area contributed by atoms with E-state index in [0.717, 1.165) is 18.8 Å². The number of hydrogen-bond donors (Lipinski definition) is 2. The maximum Gasteiger partial charge on any atom is 0.315 e. The monoisotopic (exact) mass is 345 g/mol. The number of carbonyl (C=O) groups is 1. The number of nitrogens with one attached hydrogen (secondary N) is 2. The number of nitrogens with zero attached hydrogens (tertiary/aromatic N) is 3. The van der Waals surface area contributed by atoms with E-state index >= 15 is 0 Å². The van der Waals surface area contributed by atoms with Gasteiger partial charge < -0.3 is 19.6 Å². The number of piperidine rings is 1. The van der Waals surface area contributed by atoms with Gasteiger partial charge in [-0.1, -0.05) is 6.42 Å². The Morgan fingerprint density at radius 3 is 2.88 bits per heavy atom. The SMILES string of the molecule is C[C@H](Cn1ccnc1)NC(=O)NC[C@@H](c1ccco1)N1CCCCC1. The lowest BCUT2D eigenvalue weighted by atomic mass is 10.1. The zero-order chi connectivity index (χ0) is 17.5. The van der Waals surface area contributed by atoms with E-state index in [1.807, 2.05) is 29.8 Å². The van der Waals surface area contributed by atoms with Crippen molar-refractivity contribution in [1.29, 1.82) is 0 Å². The summed E-state index contributed by atoms with van der Waals surface area (Å²) >= 11 is 0. The van der Waals surface area contributed by atoms with Gasteiger partial charge in [0.15, 0.2) is 0 Å². The molecule has 7 nitrogen and oxygen atoms in total. The molecule has 136 valence electrons. The van der Waals surface area contributed by atoms with Gasteiger partial charge in [-0.25, -0.2) is 9.78 Å². The molecule has 2 amide bonds. The van der Waals surface area contributed by atoms with Crippen molar-refractivity contribution in [2.75, 3.05) is 19.6 Å². The average Bonchev–Trinajstić information content (AvgIpc) is 3.30. The molecule has 0 unspecified atom stereocenters. The third kappa shape index (κ3) is 5.09. The summed E-state index contributed by atoms with van der Waals surface area (Å²) in [5, 5.41) is 5.98. The van der Waals surface area contributed by atoms with E-state index < -0.39 is 0 Å². The van der Waals surface area contributed by atoms with Crippen molar-refractivity contribution < 1.29 is 9.21 Å². The fourth-order valence-electron chi connectivity index (χ4n) is 3.34. The largest absolute Gasteiger partial charge is 0.468 e. The highest BCUT2D eigenvalue weighted by atomic mass is 16.3. The fraction of sp³-hybridized carbons (Fsp3) is 0.556. The van der Waals surface area contributed by atoms with E-state index in [9.17, 15) is 4.79 Å². The second kappa shape index (κ2) is 8.71. The second-order valence-corrected chi connectivity index (χ2v) is 6.64. The smallest absolute Gasteiger partial charge is 0.315 e. The van der Waals surface area contributed by atoms with Crippen LogP contribution in [-0.2, 0) is 6.54 Å². The van der Waals surface area contributed by atoms with E-state index in [4.69, 9.17) is 4.42 Å². The number of rotatable bonds is 7. The highest BCUT2D eigenvalue weighted by molar-refractivity contribution is 5.74. The molecule has 0 aromatic carbocycles. The summed E-state index contributed by atoms with van der Waals surface area (Å²) in [5.41, 5.74) is 0. The van der Waals surface area contributed by atoms with E-state index in [2.05, 4.69) is 20.5 Å². The molecule has 7 heteroatoms. The first kappa shape index (κ1) is 17.5. The van der Waals surface area contributed by atoms with Crippen LogP contribution in [0, 0.1) is 0 Å². The van der Waals surface area contributed by atoms with Gasteiger partial charge in [0.05, 0.1) is 18.6 Å². The molecule has 0 spiro atoms. The summed E-state index contributed by atoms with van der Waals surface area (Å²) in [6.07, 6.45) is 10.7. The molecule has 25 heavy (non-hydrogen) atoms. The second-order valence-electron chi connectivity index (χ2n) is 6.64. The maximum atomic E-state index is 12.2. The Bertz CT molecular complexity index is 620. The van der Waals surface area contributed by atoms with Gasteiger partial charge in [0.2, 0.25) is 0 Å². The van der Waals surface area contributed by atoms with E-state index in [1.165, 1.54) is 19.3 Å². The van der Waals surface area contributed by atoms with Crippen molar-refractivity contribution in [3.05, 3.63) is 42.9 Å². The molecule has 2 N–H and O–H groups in total. The molecule has 3 rings (SSSR count). The van der Waals surface area contributed by atoms with Crippen LogP contribution in [-0.4, -0.2) is 46.2 Å². The van der Waals surface area contributed by atoms with Crippen molar-refractivity contribution in [2.24, 2.45) is 0 Å². The lowest BCUT2D eigenvalue weighted by Gasteiger charge is -2.33. The minimum absolute atomic E-state index is 0.0197. The number of imidazole rings is 1. The molecule has 1 saturated heterocycles. The van der Waals surface area contributed by atoms with Gasteiger partial charge in [0.1, 0.15) is 5.76 Å². The third-order valence-electron chi connectivity index (χ3n) is 4.58. The topological polar surface area (TPSA) is 75.3 Å². The predicted octanol–water partition coefficient (Wildman–Crippen LogP) is 2.39. The van der Waals surface area contributed by atoms with Crippen molar-refractivity contribution in [3.63, 3.8) is 0 Å². The zero-order valence-electron chi connectivity index (χ0n) is 14.7. The van der Waals surface area contributed by atoms with Crippen molar-refractivity contribution >= 4 is 6.03 Å². The van der Waals surface area contributed by atoms with E-state index in [0.29, 0.717) is 13.1 Å². The molecular weight excluding hydrogens is 318 g/mol. The van der Waals surface area contributed by atoms with Crippen molar-refractivity contribution in [1.82, 2.24) is 25.1 Å². The number of carbonyl (C=O) groups excluding carboxylic acids is 1. The van der Waals surface area contributed by atoms with Crippen LogP contribution in [0.3, 0.4) is 0 Å². The summed E-state index contributed by atoms with van der Waals surface area (Å²) in [4.78, 5) is 18.7. The molecule has 2 aromatic rings. The Hall–Kier alpha value is -2.28. The summed E-state index contributed by atoms with van der Waals surface area (Å²) < 4.78 is 7.56. The first-order valence-corrected chi connectivity index (χ1v) is 9.00. The summed E-state index contributed by atoms with van der Waals surface area (Å²) in [5.74, 6) is 0.911. The molecule has 2 atom stereocenters. The Morgan fingerprint density at radius 2 is 2.20 bits per heavy atom. The predicted molar refractivity (Wildman–Crippen MR) is 95.1 cm³/mol. The van der Waals surface area contributed by atoms with E-state index in [1.54, 1.807) is 18.8 Å². The number of hydrogen-bond acceptors (Lipinski definition) is 4. The highest BCUT2D eigenvalue weighted by Crippen LogP contribution is 2.24. The van der Waals surface area contributed by atoms with Gasteiger partial charge in [-0.3, -0.25) is 4.90 Å². The lowest BCUT2D eigenvalue weighted by molar-refractivity contribution is 0.143. The van der Waals surface area contributed by atoms with Gasteiger partial charge in [0.25, 0.3) is 0 Å². The lowest BCUT2D eigenvalue weighted by Crippen LogP contribution is -2.46. The van der Waals surface area contributed by atoms with Crippen LogP contribution < -0.4 is 10.6 Å². The maximum absolute atomic E-state index is 12.2. The van der Waals surface area contributed by atoms with Crippen molar-refractivity contribution in [3.8, 4) is 0 Å². The minimum Gasteiger partial charge on any atom is -0.468 e. The first-order chi connectivity index (χ1) is 12.2. The van der Waals surface area contributed by atoms with E-state index in [-0.39, 0.29) is 18.1 Å². The zero-order valence-corrected chi connectivity index (χ0v) is 14.7. The molecule has 0 radical (unpaired) electrons. The standard InChI is InChI=1S/C18H27N5O2/c1-15(13-22-10-7-19-14-22)21-18(24)20-12-16(17-6-5-11-25-17)23-8-3-2-4-9-23/h5-7,10-11,14-16H,2-4,8-9,12-13H2,1H3,(H2,20,21,24)/t15-,16+/m1/s1.